The zero-order chi connectivity index (χ0) is 15.4. The summed E-state index contributed by atoms with van der Waals surface area (Å²) in [6.45, 7) is 0. The average Bonchev–Trinajstić information content (AvgIpc) is 3.02. The first kappa shape index (κ1) is 14.1. The molecule has 7 heteroatoms. The van der Waals surface area contributed by atoms with E-state index >= 15 is 0 Å². The molecule has 0 radical (unpaired) electrons. The highest BCUT2D eigenvalue weighted by atomic mass is 79.9. The third-order valence-electron chi connectivity index (χ3n) is 3.47. The molecule has 0 aliphatic rings. The highest BCUT2D eigenvalue weighted by molar-refractivity contribution is 9.10. The first-order chi connectivity index (χ1) is 10.6. The van der Waals surface area contributed by atoms with Crippen molar-refractivity contribution in [2.75, 3.05) is 0 Å². The van der Waals surface area contributed by atoms with Crippen molar-refractivity contribution >= 4 is 60.1 Å². The second-order valence-corrected chi connectivity index (χ2v) is 7.06. The summed E-state index contributed by atoms with van der Waals surface area (Å²) in [5.74, 6) is -0.265. The minimum Gasteiger partial charge on any atom is -0.332 e. The van der Waals surface area contributed by atoms with Gasteiger partial charge in [0.25, 0.3) is 0 Å². The summed E-state index contributed by atoms with van der Waals surface area (Å²) < 4.78 is 17.2. The molecular formula is C15H8BrClFN3S. The van der Waals surface area contributed by atoms with E-state index in [2.05, 4.69) is 25.9 Å². The summed E-state index contributed by atoms with van der Waals surface area (Å²) in [6.07, 6.45) is 1.72. The third kappa shape index (κ3) is 1.98. The van der Waals surface area contributed by atoms with E-state index in [9.17, 15) is 4.39 Å². The summed E-state index contributed by atoms with van der Waals surface area (Å²) >= 11 is 11.4. The maximum atomic E-state index is 13.5. The van der Waals surface area contributed by atoms with E-state index in [1.54, 1.807) is 23.7 Å². The van der Waals surface area contributed by atoms with Gasteiger partial charge in [0.05, 0.1) is 31.4 Å². The molecule has 3 heterocycles. The van der Waals surface area contributed by atoms with Crippen LogP contribution in [-0.2, 0) is 7.05 Å². The van der Waals surface area contributed by atoms with E-state index in [1.807, 2.05) is 17.7 Å². The molecule has 0 spiro atoms. The lowest BCUT2D eigenvalue weighted by atomic mass is 10.2. The number of hydrogen-bond donors (Lipinski definition) is 0. The zero-order valence-corrected chi connectivity index (χ0v) is 14.4. The molecule has 0 bridgehead atoms. The Bertz CT molecular complexity index is 1040. The standard InChI is InChI=1S/C15H8BrClFN3S/c1-21-6-19-11-12(21)14-10(20-15(11)17)9(16)13(22-14)7-3-2-4-8(18)5-7/h2-6H,1H3. The maximum absolute atomic E-state index is 13.5. The summed E-state index contributed by atoms with van der Waals surface area (Å²) in [5.41, 5.74) is 3.19. The second kappa shape index (κ2) is 5.01. The fourth-order valence-electron chi connectivity index (χ4n) is 2.48. The van der Waals surface area contributed by atoms with Gasteiger partial charge in [-0.25, -0.2) is 14.4 Å². The molecule has 1 aromatic carbocycles. The highest BCUT2D eigenvalue weighted by Gasteiger charge is 2.19. The van der Waals surface area contributed by atoms with Crippen molar-refractivity contribution < 1.29 is 4.39 Å². The Hall–Kier alpha value is -1.50. The van der Waals surface area contributed by atoms with Crippen molar-refractivity contribution in [1.82, 2.24) is 14.5 Å². The molecular weight excluding hydrogens is 389 g/mol. The maximum Gasteiger partial charge on any atom is 0.157 e. The van der Waals surface area contributed by atoms with E-state index in [0.29, 0.717) is 10.7 Å². The van der Waals surface area contributed by atoms with E-state index in [4.69, 9.17) is 11.6 Å². The summed E-state index contributed by atoms with van der Waals surface area (Å²) in [7, 11) is 1.92. The van der Waals surface area contributed by atoms with Gasteiger partial charge in [-0.3, -0.25) is 0 Å². The van der Waals surface area contributed by atoms with E-state index in [-0.39, 0.29) is 5.82 Å². The van der Waals surface area contributed by atoms with Gasteiger partial charge in [-0.05, 0) is 33.6 Å². The van der Waals surface area contributed by atoms with Crippen LogP contribution in [0.25, 0.3) is 31.7 Å². The number of benzene rings is 1. The molecule has 110 valence electrons. The van der Waals surface area contributed by atoms with Gasteiger partial charge >= 0.3 is 0 Å². The molecule has 0 amide bonds. The Morgan fingerprint density at radius 2 is 2.14 bits per heavy atom. The number of rotatable bonds is 1. The molecule has 0 aliphatic heterocycles. The van der Waals surface area contributed by atoms with Crippen molar-refractivity contribution in [3.05, 3.63) is 46.0 Å². The van der Waals surface area contributed by atoms with Crippen LogP contribution < -0.4 is 0 Å². The Labute approximate surface area is 142 Å². The van der Waals surface area contributed by atoms with Crippen LogP contribution in [0.15, 0.2) is 35.1 Å². The number of imidazole rings is 1. The first-order valence-corrected chi connectivity index (χ1v) is 8.39. The molecule has 0 saturated heterocycles. The largest absolute Gasteiger partial charge is 0.332 e. The lowest BCUT2D eigenvalue weighted by Crippen LogP contribution is -1.86. The number of nitrogens with zero attached hydrogens (tertiary/aromatic N) is 3. The molecule has 0 aliphatic carbocycles. The fraction of sp³-hybridized carbons (Fsp3) is 0.0667. The van der Waals surface area contributed by atoms with Crippen LogP contribution in [-0.4, -0.2) is 14.5 Å². The molecule has 0 atom stereocenters. The number of pyridine rings is 1. The highest BCUT2D eigenvalue weighted by Crippen LogP contribution is 2.44. The second-order valence-electron chi connectivity index (χ2n) is 4.89. The molecule has 0 N–H and O–H groups in total. The SMILES string of the molecule is Cn1cnc2c(Cl)nc3c(Br)c(-c4cccc(F)c4)sc3c21. The number of aryl methyl sites for hydroxylation is 1. The van der Waals surface area contributed by atoms with Gasteiger partial charge in [-0.15, -0.1) is 11.3 Å². The van der Waals surface area contributed by atoms with Gasteiger partial charge in [-0.1, -0.05) is 23.7 Å². The molecule has 3 aromatic heterocycles. The molecule has 22 heavy (non-hydrogen) atoms. The molecule has 4 rings (SSSR count). The van der Waals surface area contributed by atoms with Crippen LogP contribution in [0.4, 0.5) is 4.39 Å². The Kier molecular flexibility index (Phi) is 3.21. The smallest absolute Gasteiger partial charge is 0.157 e. The van der Waals surface area contributed by atoms with Gasteiger partial charge in [0.1, 0.15) is 11.3 Å². The topological polar surface area (TPSA) is 30.7 Å². The Balaban J connectivity index is 2.13. The van der Waals surface area contributed by atoms with Crippen molar-refractivity contribution in [3.63, 3.8) is 0 Å². The Morgan fingerprint density at radius 3 is 2.91 bits per heavy atom. The van der Waals surface area contributed by atoms with Crippen LogP contribution in [0.1, 0.15) is 0 Å². The number of thiophene rings is 1. The number of halogens is 3. The van der Waals surface area contributed by atoms with Gasteiger partial charge < -0.3 is 4.57 Å². The predicted octanol–water partition coefficient (Wildman–Crippen LogP) is 5.41. The van der Waals surface area contributed by atoms with Gasteiger partial charge in [0, 0.05) is 7.05 Å². The predicted molar refractivity (Wildman–Crippen MR) is 92.0 cm³/mol. The molecule has 0 unspecified atom stereocenters. The first-order valence-electron chi connectivity index (χ1n) is 6.40. The van der Waals surface area contributed by atoms with Crippen molar-refractivity contribution in [2.45, 2.75) is 0 Å². The van der Waals surface area contributed by atoms with Gasteiger partial charge in [-0.2, -0.15) is 0 Å². The minimum absolute atomic E-state index is 0.265. The molecule has 3 nitrogen and oxygen atoms in total. The normalized spacial score (nSPS) is 11.6. The van der Waals surface area contributed by atoms with Crippen molar-refractivity contribution in [3.8, 4) is 10.4 Å². The summed E-state index contributed by atoms with van der Waals surface area (Å²) in [6, 6.07) is 6.51. The van der Waals surface area contributed by atoms with Gasteiger partial charge in [0.2, 0.25) is 0 Å². The summed E-state index contributed by atoms with van der Waals surface area (Å²) in [5, 5.41) is 0.368. The lowest BCUT2D eigenvalue weighted by molar-refractivity contribution is 0.628. The number of hydrogen-bond acceptors (Lipinski definition) is 3. The molecule has 4 aromatic rings. The average molecular weight is 397 g/mol. The number of fused-ring (bicyclic) bond motifs is 3. The van der Waals surface area contributed by atoms with Crippen LogP contribution in [0.2, 0.25) is 5.15 Å². The number of aromatic nitrogens is 3. The molecule has 0 saturated carbocycles. The van der Waals surface area contributed by atoms with E-state index in [1.165, 1.54) is 12.1 Å². The van der Waals surface area contributed by atoms with Crippen molar-refractivity contribution in [2.24, 2.45) is 7.05 Å². The van der Waals surface area contributed by atoms with Gasteiger partial charge in [0.15, 0.2) is 5.15 Å². The van der Waals surface area contributed by atoms with Crippen LogP contribution >= 0.6 is 38.9 Å². The van der Waals surface area contributed by atoms with E-state index in [0.717, 1.165) is 30.6 Å². The van der Waals surface area contributed by atoms with Crippen molar-refractivity contribution in [1.29, 1.82) is 0 Å². The Morgan fingerprint density at radius 1 is 1.32 bits per heavy atom. The van der Waals surface area contributed by atoms with Crippen LogP contribution in [0.3, 0.4) is 0 Å². The quantitative estimate of drug-likeness (QED) is 0.403. The third-order valence-corrected chi connectivity index (χ3v) is 6.00. The van der Waals surface area contributed by atoms with E-state index < -0.39 is 0 Å². The van der Waals surface area contributed by atoms with Crippen LogP contribution in [0.5, 0.6) is 0 Å². The zero-order valence-electron chi connectivity index (χ0n) is 11.3. The molecule has 0 fully saturated rings. The fourth-order valence-corrected chi connectivity index (χ4v) is 4.81. The lowest BCUT2D eigenvalue weighted by Gasteiger charge is -1.98. The monoisotopic (exact) mass is 395 g/mol. The minimum atomic E-state index is -0.265. The van der Waals surface area contributed by atoms with Crippen LogP contribution in [0, 0.1) is 5.82 Å². The summed E-state index contributed by atoms with van der Waals surface area (Å²) in [4.78, 5) is 9.66.